The van der Waals surface area contributed by atoms with Gasteiger partial charge in [0.2, 0.25) is 5.78 Å². The van der Waals surface area contributed by atoms with E-state index >= 15 is 0 Å². The standard InChI is InChI=1S/C22H24O4/c1-3-8-16(9-4-2)21-20(24)19(23)18(22(25)26-21)17(15-12-13-15)14-10-6-5-7-11-14/h3-7,10-11,15-17,21,23H,1-2,8-9,12-13H2. The average molecular weight is 352 g/mol. The maximum Gasteiger partial charge on any atom is 0.339 e. The highest BCUT2D eigenvalue weighted by Crippen LogP contribution is 2.48. The number of hydrogen-bond acceptors (Lipinski definition) is 4. The summed E-state index contributed by atoms with van der Waals surface area (Å²) in [6, 6.07) is 9.53. The molecule has 0 amide bonds. The Morgan fingerprint density at radius 3 is 2.27 bits per heavy atom. The van der Waals surface area contributed by atoms with Crippen LogP contribution in [0.15, 0.2) is 67.0 Å². The number of allylic oxidation sites excluding steroid dienone is 2. The van der Waals surface area contributed by atoms with Crippen LogP contribution in [-0.4, -0.2) is 23.0 Å². The van der Waals surface area contributed by atoms with Crippen molar-refractivity contribution < 1.29 is 19.4 Å². The van der Waals surface area contributed by atoms with Gasteiger partial charge in [-0.05, 0) is 37.2 Å². The van der Waals surface area contributed by atoms with Gasteiger partial charge < -0.3 is 9.84 Å². The van der Waals surface area contributed by atoms with Gasteiger partial charge in [-0.1, -0.05) is 42.5 Å². The van der Waals surface area contributed by atoms with Crippen molar-refractivity contribution in [1.29, 1.82) is 0 Å². The molecule has 1 aliphatic carbocycles. The highest BCUT2D eigenvalue weighted by atomic mass is 16.6. The third-order valence-electron chi connectivity index (χ3n) is 5.13. The quantitative estimate of drug-likeness (QED) is 0.561. The Morgan fingerprint density at radius 2 is 1.73 bits per heavy atom. The molecule has 0 spiro atoms. The van der Waals surface area contributed by atoms with Gasteiger partial charge in [0.05, 0.1) is 5.57 Å². The zero-order chi connectivity index (χ0) is 18.7. The molecular weight excluding hydrogens is 328 g/mol. The van der Waals surface area contributed by atoms with Crippen LogP contribution in [0.2, 0.25) is 0 Å². The predicted molar refractivity (Wildman–Crippen MR) is 99.6 cm³/mol. The summed E-state index contributed by atoms with van der Waals surface area (Å²) in [5.74, 6) is -1.86. The minimum Gasteiger partial charge on any atom is -0.504 e. The minimum absolute atomic E-state index is 0.107. The van der Waals surface area contributed by atoms with E-state index in [2.05, 4.69) is 13.2 Å². The third kappa shape index (κ3) is 3.50. The molecule has 2 unspecified atom stereocenters. The fourth-order valence-corrected chi connectivity index (χ4v) is 3.72. The molecule has 0 bridgehead atoms. The summed E-state index contributed by atoms with van der Waals surface area (Å²) in [6.45, 7) is 7.39. The van der Waals surface area contributed by atoms with Gasteiger partial charge in [-0.3, -0.25) is 4.79 Å². The smallest absolute Gasteiger partial charge is 0.339 e. The van der Waals surface area contributed by atoms with E-state index in [-0.39, 0.29) is 23.3 Å². The fourth-order valence-electron chi connectivity index (χ4n) is 3.72. The lowest BCUT2D eigenvalue weighted by atomic mass is 9.82. The summed E-state index contributed by atoms with van der Waals surface area (Å²) >= 11 is 0. The molecule has 3 rings (SSSR count). The number of aliphatic hydroxyl groups is 1. The van der Waals surface area contributed by atoms with E-state index in [9.17, 15) is 14.7 Å². The number of ether oxygens (including phenoxy) is 1. The Labute approximate surface area is 153 Å². The van der Waals surface area contributed by atoms with Gasteiger partial charge in [0.15, 0.2) is 11.9 Å². The number of hydrogen-bond donors (Lipinski definition) is 1. The molecule has 1 aromatic carbocycles. The maximum atomic E-state index is 12.8. The SMILES string of the molecule is C=CCC(CC=C)C1OC(=O)C(C(c2ccccc2)C2CC2)=C(O)C1=O. The Kier molecular flexibility index (Phi) is 5.40. The van der Waals surface area contributed by atoms with Crippen molar-refractivity contribution in [3.63, 3.8) is 0 Å². The summed E-state index contributed by atoms with van der Waals surface area (Å²) in [7, 11) is 0. The number of esters is 1. The van der Waals surface area contributed by atoms with Crippen molar-refractivity contribution in [1.82, 2.24) is 0 Å². The second kappa shape index (κ2) is 7.73. The van der Waals surface area contributed by atoms with E-state index in [1.807, 2.05) is 30.3 Å². The Balaban J connectivity index is 1.97. The number of cyclic esters (lactones) is 1. The van der Waals surface area contributed by atoms with Crippen molar-refractivity contribution in [2.75, 3.05) is 0 Å². The summed E-state index contributed by atoms with van der Waals surface area (Å²) in [6.07, 6.45) is 5.32. The van der Waals surface area contributed by atoms with Crippen LogP contribution in [0.4, 0.5) is 0 Å². The molecule has 0 aromatic heterocycles. The van der Waals surface area contributed by atoms with Gasteiger partial charge in [-0.2, -0.15) is 0 Å². The number of ketones is 1. The van der Waals surface area contributed by atoms with Crippen LogP contribution in [-0.2, 0) is 14.3 Å². The van der Waals surface area contributed by atoms with E-state index in [0.717, 1.165) is 18.4 Å². The predicted octanol–water partition coefficient (Wildman–Crippen LogP) is 4.26. The first-order valence-electron chi connectivity index (χ1n) is 9.03. The molecule has 2 aliphatic rings. The molecular formula is C22H24O4. The Bertz CT molecular complexity index is 733. The summed E-state index contributed by atoms with van der Waals surface area (Å²) in [5, 5.41) is 10.6. The number of carbonyl (C=O) groups is 2. The van der Waals surface area contributed by atoms with E-state index < -0.39 is 23.6 Å². The van der Waals surface area contributed by atoms with E-state index in [1.165, 1.54) is 0 Å². The summed E-state index contributed by atoms with van der Waals surface area (Å²) in [5.41, 5.74) is 1.03. The van der Waals surface area contributed by atoms with Crippen molar-refractivity contribution in [2.45, 2.75) is 37.7 Å². The molecule has 1 N–H and O–H groups in total. The highest BCUT2D eigenvalue weighted by molar-refractivity contribution is 6.09. The lowest BCUT2D eigenvalue weighted by molar-refractivity contribution is -0.158. The maximum absolute atomic E-state index is 12.8. The van der Waals surface area contributed by atoms with Crippen LogP contribution in [0.5, 0.6) is 0 Å². The molecule has 0 saturated heterocycles. The molecule has 2 atom stereocenters. The van der Waals surface area contributed by atoms with Crippen molar-refractivity contribution in [2.24, 2.45) is 11.8 Å². The fraction of sp³-hybridized carbons (Fsp3) is 0.364. The molecule has 1 heterocycles. The first-order valence-corrected chi connectivity index (χ1v) is 9.03. The normalized spacial score (nSPS) is 21.5. The lowest BCUT2D eigenvalue weighted by Gasteiger charge is -2.31. The van der Waals surface area contributed by atoms with E-state index in [1.54, 1.807) is 12.2 Å². The zero-order valence-corrected chi connectivity index (χ0v) is 14.8. The van der Waals surface area contributed by atoms with E-state index in [0.29, 0.717) is 12.8 Å². The number of carbonyl (C=O) groups excluding carboxylic acids is 2. The molecule has 1 fully saturated rings. The first kappa shape index (κ1) is 18.2. The van der Waals surface area contributed by atoms with Crippen LogP contribution in [0.25, 0.3) is 0 Å². The van der Waals surface area contributed by atoms with Crippen LogP contribution < -0.4 is 0 Å². The van der Waals surface area contributed by atoms with Gasteiger partial charge >= 0.3 is 5.97 Å². The molecule has 4 nitrogen and oxygen atoms in total. The molecule has 26 heavy (non-hydrogen) atoms. The van der Waals surface area contributed by atoms with E-state index in [4.69, 9.17) is 4.74 Å². The minimum atomic E-state index is -0.988. The topological polar surface area (TPSA) is 63.6 Å². The van der Waals surface area contributed by atoms with Gasteiger partial charge in [-0.25, -0.2) is 4.79 Å². The van der Waals surface area contributed by atoms with Gasteiger partial charge in [-0.15, -0.1) is 13.2 Å². The molecule has 136 valence electrons. The zero-order valence-electron chi connectivity index (χ0n) is 14.8. The molecule has 1 saturated carbocycles. The summed E-state index contributed by atoms with van der Waals surface area (Å²) < 4.78 is 5.53. The number of aliphatic hydroxyl groups excluding tert-OH is 1. The second-order valence-electron chi connectivity index (χ2n) is 6.99. The number of Topliss-reactive ketones (excluding diaryl/α,β-unsaturated/α-hetero) is 1. The largest absolute Gasteiger partial charge is 0.504 e. The molecule has 0 radical (unpaired) electrons. The van der Waals surface area contributed by atoms with Gasteiger partial charge in [0.25, 0.3) is 0 Å². The monoisotopic (exact) mass is 352 g/mol. The summed E-state index contributed by atoms with van der Waals surface area (Å²) in [4.78, 5) is 25.6. The van der Waals surface area contributed by atoms with Crippen LogP contribution in [0.1, 0.15) is 37.2 Å². The Hall–Kier alpha value is -2.62. The number of rotatable bonds is 8. The van der Waals surface area contributed by atoms with Gasteiger partial charge in [0, 0.05) is 11.8 Å². The van der Waals surface area contributed by atoms with Crippen molar-refractivity contribution in [3.05, 3.63) is 72.5 Å². The second-order valence-corrected chi connectivity index (χ2v) is 6.99. The van der Waals surface area contributed by atoms with Crippen molar-refractivity contribution >= 4 is 11.8 Å². The number of benzene rings is 1. The third-order valence-corrected chi connectivity index (χ3v) is 5.13. The van der Waals surface area contributed by atoms with Crippen LogP contribution in [0.3, 0.4) is 0 Å². The van der Waals surface area contributed by atoms with Crippen molar-refractivity contribution in [3.8, 4) is 0 Å². The average Bonchev–Trinajstić information content (AvgIpc) is 3.47. The van der Waals surface area contributed by atoms with Crippen LogP contribution in [0, 0.1) is 11.8 Å². The first-order chi connectivity index (χ1) is 12.6. The molecule has 4 heteroatoms. The molecule has 1 aromatic rings. The molecule has 1 aliphatic heterocycles. The van der Waals surface area contributed by atoms with Crippen LogP contribution >= 0.6 is 0 Å². The Morgan fingerprint density at radius 1 is 1.12 bits per heavy atom. The highest BCUT2D eigenvalue weighted by Gasteiger charge is 2.46. The lowest BCUT2D eigenvalue weighted by Crippen LogP contribution is -2.42. The van der Waals surface area contributed by atoms with Gasteiger partial charge in [0.1, 0.15) is 0 Å².